The molecule has 0 unspecified atom stereocenters. The summed E-state index contributed by atoms with van der Waals surface area (Å²) in [6, 6.07) is 1.93. The lowest BCUT2D eigenvalue weighted by Crippen LogP contribution is -2.28. The van der Waals surface area contributed by atoms with Gasteiger partial charge >= 0.3 is 0 Å². The van der Waals surface area contributed by atoms with Crippen LogP contribution >= 0.6 is 0 Å². The van der Waals surface area contributed by atoms with Gasteiger partial charge in [-0.3, -0.25) is 0 Å². The lowest BCUT2D eigenvalue weighted by molar-refractivity contribution is 0.630. The summed E-state index contributed by atoms with van der Waals surface area (Å²) in [7, 11) is 1.97. The highest BCUT2D eigenvalue weighted by Gasteiger charge is 2.11. The van der Waals surface area contributed by atoms with Crippen LogP contribution in [-0.2, 0) is 0 Å². The second-order valence-corrected chi connectivity index (χ2v) is 4.85. The topological polar surface area (TPSA) is 67.1 Å². The molecule has 0 amide bonds. The lowest BCUT2D eigenvalue weighted by Gasteiger charge is -2.22. The molecule has 0 bridgehead atoms. The molecule has 0 aromatic carbocycles. The second kappa shape index (κ2) is 5.12. The molecule has 5 nitrogen and oxygen atoms in total. The molecule has 1 rings (SSSR count). The molecule has 5 heteroatoms. The van der Waals surface area contributed by atoms with Gasteiger partial charge in [0.2, 0.25) is 0 Å². The zero-order chi connectivity index (χ0) is 12.2. The van der Waals surface area contributed by atoms with Gasteiger partial charge in [0.1, 0.15) is 18.0 Å². The van der Waals surface area contributed by atoms with Crippen LogP contribution in [0.3, 0.4) is 0 Å². The van der Waals surface area contributed by atoms with Crippen LogP contribution in [0.15, 0.2) is 12.4 Å². The fourth-order valence-electron chi connectivity index (χ4n) is 1.32. The Hall–Kier alpha value is -1.36. The van der Waals surface area contributed by atoms with Gasteiger partial charge in [-0.2, -0.15) is 0 Å². The first kappa shape index (κ1) is 12.7. The highest BCUT2D eigenvalue weighted by molar-refractivity contribution is 5.48. The molecular weight excluding hydrogens is 202 g/mol. The molecule has 16 heavy (non-hydrogen) atoms. The molecule has 0 spiro atoms. The second-order valence-electron chi connectivity index (χ2n) is 4.85. The van der Waals surface area contributed by atoms with Gasteiger partial charge in [-0.1, -0.05) is 0 Å². The number of nitrogens with two attached hydrogens (primary N) is 1. The van der Waals surface area contributed by atoms with Gasteiger partial charge < -0.3 is 16.0 Å². The van der Waals surface area contributed by atoms with E-state index in [1.165, 1.54) is 0 Å². The number of aromatic nitrogens is 2. The third-order valence-electron chi connectivity index (χ3n) is 2.01. The zero-order valence-electron chi connectivity index (χ0n) is 10.5. The van der Waals surface area contributed by atoms with E-state index in [-0.39, 0.29) is 5.54 Å². The SMILES string of the molecule is CN(CCN)c1cc(NC(C)(C)C)ncn1. The lowest BCUT2D eigenvalue weighted by atomic mass is 10.1. The maximum atomic E-state index is 5.51. The molecule has 0 saturated heterocycles. The van der Waals surface area contributed by atoms with Gasteiger partial charge in [-0.15, -0.1) is 0 Å². The number of likely N-dealkylation sites (N-methyl/N-ethyl adjacent to an activating group) is 1. The van der Waals surface area contributed by atoms with Gasteiger partial charge in [0.05, 0.1) is 0 Å². The number of hydrogen-bond donors (Lipinski definition) is 2. The van der Waals surface area contributed by atoms with Crippen molar-refractivity contribution in [2.45, 2.75) is 26.3 Å². The summed E-state index contributed by atoms with van der Waals surface area (Å²) < 4.78 is 0. The van der Waals surface area contributed by atoms with E-state index < -0.39 is 0 Å². The summed E-state index contributed by atoms with van der Waals surface area (Å²) in [6.07, 6.45) is 1.57. The third kappa shape index (κ3) is 4.02. The normalized spacial score (nSPS) is 11.3. The van der Waals surface area contributed by atoms with E-state index in [9.17, 15) is 0 Å². The average Bonchev–Trinajstić information content (AvgIpc) is 2.16. The van der Waals surface area contributed by atoms with Crippen LogP contribution in [0.4, 0.5) is 11.6 Å². The Morgan fingerprint density at radius 2 is 2.06 bits per heavy atom. The Kier molecular flexibility index (Phi) is 4.06. The van der Waals surface area contributed by atoms with E-state index in [2.05, 4.69) is 36.1 Å². The average molecular weight is 223 g/mol. The molecule has 0 radical (unpaired) electrons. The van der Waals surface area contributed by atoms with Crippen molar-refractivity contribution in [1.82, 2.24) is 9.97 Å². The Balaban J connectivity index is 2.78. The van der Waals surface area contributed by atoms with E-state index in [1.807, 2.05) is 18.0 Å². The first-order chi connectivity index (χ1) is 7.42. The van der Waals surface area contributed by atoms with E-state index in [0.29, 0.717) is 6.54 Å². The van der Waals surface area contributed by atoms with Crippen LogP contribution in [0.25, 0.3) is 0 Å². The van der Waals surface area contributed by atoms with Crippen molar-refractivity contribution in [2.24, 2.45) is 5.73 Å². The number of anilines is 2. The molecule has 0 aliphatic rings. The van der Waals surface area contributed by atoms with E-state index in [1.54, 1.807) is 6.33 Å². The van der Waals surface area contributed by atoms with Crippen LogP contribution < -0.4 is 16.0 Å². The molecule has 0 saturated carbocycles. The molecule has 1 aromatic heterocycles. The highest BCUT2D eigenvalue weighted by Crippen LogP contribution is 2.16. The van der Waals surface area contributed by atoms with Gasteiger partial charge in [-0.25, -0.2) is 9.97 Å². The Morgan fingerprint density at radius 1 is 1.38 bits per heavy atom. The van der Waals surface area contributed by atoms with E-state index >= 15 is 0 Å². The minimum absolute atomic E-state index is 0.00192. The third-order valence-corrected chi connectivity index (χ3v) is 2.01. The van der Waals surface area contributed by atoms with Gasteiger partial charge in [0, 0.05) is 31.7 Å². The van der Waals surface area contributed by atoms with Crippen molar-refractivity contribution >= 4 is 11.6 Å². The summed E-state index contributed by atoms with van der Waals surface area (Å²) in [5.74, 6) is 1.72. The molecular formula is C11H21N5. The number of hydrogen-bond acceptors (Lipinski definition) is 5. The number of rotatable bonds is 4. The molecule has 90 valence electrons. The fraction of sp³-hybridized carbons (Fsp3) is 0.636. The molecule has 1 aromatic rings. The predicted molar refractivity (Wildman–Crippen MR) is 67.7 cm³/mol. The highest BCUT2D eigenvalue weighted by atomic mass is 15.2. The van der Waals surface area contributed by atoms with Crippen LogP contribution in [0, 0.1) is 0 Å². The number of nitrogens with zero attached hydrogens (tertiary/aromatic N) is 3. The Labute approximate surface area is 97.1 Å². The van der Waals surface area contributed by atoms with Crippen molar-refractivity contribution < 1.29 is 0 Å². The molecule has 0 aliphatic carbocycles. The molecule has 3 N–H and O–H groups in total. The van der Waals surface area contributed by atoms with Crippen LogP contribution in [0.5, 0.6) is 0 Å². The molecule has 1 heterocycles. The standard InChI is InChI=1S/C11H21N5/c1-11(2,3)15-9-7-10(14-8-13-9)16(4)6-5-12/h7-8H,5-6,12H2,1-4H3,(H,13,14,15). The number of nitrogens with one attached hydrogen (secondary N) is 1. The summed E-state index contributed by atoms with van der Waals surface area (Å²) in [6.45, 7) is 7.68. The predicted octanol–water partition coefficient (Wildman–Crippen LogP) is 1.08. The van der Waals surface area contributed by atoms with E-state index in [4.69, 9.17) is 5.73 Å². The van der Waals surface area contributed by atoms with Gasteiger partial charge in [0.15, 0.2) is 0 Å². The van der Waals surface area contributed by atoms with E-state index in [0.717, 1.165) is 18.2 Å². The van der Waals surface area contributed by atoms with Crippen molar-refractivity contribution in [3.63, 3.8) is 0 Å². The summed E-state index contributed by atoms with van der Waals surface area (Å²) in [4.78, 5) is 10.4. The van der Waals surface area contributed by atoms with Gasteiger partial charge in [-0.05, 0) is 20.8 Å². The minimum atomic E-state index is -0.00192. The quantitative estimate of drug-likeness (QED) is 0.799. The summed E-state index contributed by atoms with van der Waals surface area (Å²) >= 11 is 0. The first-order valence-corrected chi connectivity index (χ1v) is 5.44. The van der Waals surface area contributed by atoms with Crippen LogP contribution in [0.1, 0.15) is 20.8 Å². The summed E-state index contributed by atoms with van der Waals surface area (Å²) in [5.41, 5.74) is 5.50. The maximum Gasteiger partial charge on any atom is 0.133 e. The smallest absolute Gasteiger partial charge is 0.133 e. The fourth-order valence-corrected chi connectivity index (χ4v) is 1.32. The molecule has 0 aliphatic heterocycles. The maximum absolute atomic E-state index is 5.51. The first-order valence-electron chi connectivity index (χ1n) is 5.44. The van der Waals surface area contributed by atoms with Crippen LogP contribution in [0.2, 0.25) is 0 Å². The van der Waals surface area contributed by atoms with Crippen molar-refractivity contribution in [2.75, 3.05) is 30.4 Å². The minimum Gasteiger partial charge on any atom is -0.365 e. The Morgan fingerprint density at radius 3 is 2.62 bits per heavy atom. The molecule has 0 fully saturated rings. The van der Waals surface area contributed by atoms with Gasteiger partial charge in [0.25, 0.3) is 0 Å². The largest absolute Gasteiger partial charge is 0.365 e. The zero-order valence-corrected chi connectivity index (χ0v) is 10.5. The van der Waals surface area contributed by atoms with Crippen molar-refractivity contribution in [3.8, 4) is 0 Å². The van der Waals surface area contributed by atoms with Crippen molar-refractivity contribution in [1.29, 1.82) is 0 Å². The summed E-state index contributed by atoms with van der Waals surface area (Å²) in [5, 5.41) is 3.31. The monoisotopic (exact) mass is 223 g/mol. The van der Waals surface area contributed by atoms with Crippen LogP contribution in [-0.4, -0.2) is 35.6 Å². The van der Waals surface area contributed by atoms with Crippen molar-refractivity contribution in [3.05, 3.63) is 12.4 Å². The molecule has 0 atom stereocenters. The Bertz CT molecular complexity index is 331.